The second-order valence-corrected chi connectivity index (χ2v) is 3.10. The highest BCUT2D eigenvalue weighted by atomic mass is 15.1. The van der Waals surface area contributed by atoms with E-state index < -0.39 is 0 Å². The molecule has 1 aliphatic rings. The fourth-order valence-corrected chi connectivity index (χ4v) is 1.60. The van der Waals surface area contributed by atoms with Crippen molar-refractivity contribution in [3.05, 3.63) is 0 Å². The molecular formula is C14H29N. The van der Waals surface area contributed by atoms with Crippen molar-refractivity contribution in [1.29, 1.82) is 0 Å². The van der Waals surface area contributed by atoms with Crippen LogP contribution in [0.2, 0.25) is 0 Å². The summed E-state index contributed by atoms with van der Waals surface area (Å²) in [4.78, 5) is 2.49. The van der Waals surface area contributed by atoms with E-state index in [1.54, 1.807) is 0 Å². The van der Waals surface area contributed by atoms with Gasteiger partial charge in [0.1, 0.15) is 0 Å². The minimum atomic E-state index is 0.683. The van der Waals surface area contributed by atoms with Crippen molar-refractivity contribution in [1.82, 2.24) is 4.90 Å². The second-order valence-electron chi connectivity index (χ2n) is 3.10. The van der Waals surface area contributed by atoms with Gasteiger partial charge in [0.25, 0.3) is 0 Å². The van der Waals surface area contributed by atoms with Gasteiger partial charge in [0, 0.05) is 5.92 Å². The highest BCUT2D eigenvalue weighted by Crippen LogP contribution is 2.15. The van der Waals surface area contributed by atoms with E-state index in [0.717, 1.165) is 0 Å². The van der Waals surface area contributed by atoms with E-state index in [2.05, 4.69) is 23.7 Å². The zero-order chi connectivity index (χ0) is 12.1. The summed E-state index contributed by atoms with van der Waals surface area (Å²) in [6.45, 7) is 15.9. The largest absolute Gasteiger partial charge is 0.304 e. The monoisotopic (exact) mass is 211 g/mol. The Labute approximate surface area is 97.2 Å². The molecule has 0 amide bonds. The topological polar surface area (TPSA) is 3.24 Å². The summed E-state index contributed by atoms with van der Waals surface area (Å²) in [5, 5.41) is 0. The number of nitrogens with zero attached hydrogens (tertiary/aromatic N) is 1. The van der Waals surface area contributed by atoms with Crippen LogP contribution in [0.3, 0.4) is 0 Å². The normalized spacial score (nSPS) is 16.1. The van der Waals surface area contributed by atoms with Crippen LogP contribution in [0, 0.1) is 17.8 Å². The number of rotatable bonds is 1. The number of hydrogen-bond donors (Lipinski definition) is 0. The summed E-state index contributed by atoms with van der Waals surface area (Å²) in [5.74, 6) is 6.94. The van der Waals surface area contributed by atoms with Crippen molar-refractivity contribution in [2.75, 3.05) is 19.6 Å². The molecule has 0 aromatic carbocycles. The molecular weight excluding hydrogens is 182 g/mol. The van der Waals surface area contributed by atoms with E-state index in [9.17, 15) is 0 Å². The summed E-state index contributed by atoms with van der Waals surface area (Å²) >= 11 is 0. The lowest BCUT2D eigenvalue weighted by molar-refractivity contribution is 0.216. The van der Waals surface area contributed by atoms with E-state index >= 15 is 0 Å². The van der Waals surface area contributed by atoms with Crippen LogP contribution in [0.5, 0.6) is 0 Å². The van der Waals surface area contributed by atoms with E-state index in [4.69, 9.17) is 0 Å². The van der Waals surface area contributed by atoms with Gasteiger partial charge in [-0.2, -0.15) is 0 Å². The molecule has 0 N–H and O–H groups in total. The molecule has 0 saturated carbocycles. The summed E-state index contributed by atoms with van der Waals surface area (Å²) in [6.07, 6.45) is 2.54. The smallest absolute Gasteiger partial charge is 0.0227 e. The van der Waals surface area contributed by atoms with Crippen molar-refractivity contribution >= 4 is 0 Å². The van der Waals surface area contributed by atoms with Crippen LogP contribution in [-0.2, 0) is 0 Å². The predicted octanol–water partition coefficient (Wildman–Crippen LogP) is 3.79. The van der Waals surface area contributed by atoms with Gasteiger partial charge in [0.05, 0.1) is 0 Å². The quantitative estimate of drug-likeness (QED) is 0.596. The van der Waals surface area contributed by atoms with Crippen LogP contribution in [0.25, 0.3) is 0 Å². The molecule has 15 heavy (non-hydrogen) atoms. The first-order valence-electron chi connectivity index (χ1n) is 6.51. The van der Waals surface area contributed by atoms with Crippen molar-refractivity contribution in [2.45, 2.75) is 54.4 Å². The summed E-state index contributed by atoms with van der Waals surface area (Å²) in [5.41, 5.74) is 0. The highest BCUT2D eigenvalue weighted by Gasteiger charge is 2.15. The van der Waals surface area contributed by atoms with E-state index in [-0.39, 0.29) is 0 Å². The molecule has 0 spiro atoms. The Kier molecular flexibility index (Phi) is 15.3. The van der Waals surface area contributed by atoms with E-state index in [0.29, 0.717) is 5.92 Å². The third-order valence-electron chi connectivity index (χ3n) is 2.38. The molecule has 90 valence electrons. The predicted molar refractivity (Wildman–Crippen MR) is 71.0 cm³/mol. The summed E-state index contributed by atoms with van der Waals surface area (Å²) in [6, 6.07) is 0. The minimum Gasteiger partial charge on any atom is -0.304 e. The van der Waals surface area contributed by atoms with Crippen molar-refractivity contribution < 1.29 is 0 Å². The van der Waals surface area contributed by atoms with Crippen LogP contribution in [0.15, 0.2) is 0 Å². The molecule has 0 radical (unpaired) electrons. The maximum atomic E-state index is 3.25. The highest BCUT2D eigenvalue weighted by molar-refractivity contribution is 5.02. The SMILES string of the molecule is CC.CC.CC#CC1CCN(CC)CC1. The van der Waals surface area contributed by atoms with E-state index in [1.165, 1.54) is 32.5 Å². The Balaban J connectivity index is 0. The van der Waals surface area contributed by atoms with Gasteiger partial charge in [-0.05, 0) is 39.4 Å². The molecule has 1 nitrogen and oxygen atoms in total. The average Bonchev–Trinajstić information content (AvgIpc) is 2.36. The van der Waals surface area contributed by atoms with Crippen LogP contribution in [0.1, 0.15) is 54.4 Å². The van der Waals surface area contributed by atoms with Gasteiger partial charge in [-0.15, -0.1) is 11.8 Å². The maximum Gasteiger partial charge on any atom is 0.0227 e. The molecule has 1 heteroatoms. The van der Waals surface area contributed by atoms with Crippen LogP contribution >= 0.6 is 0 Å². The van der Waals surface area contributed by atoms with Crippen molar-refractivity contribution in [3.63, 3.8) is 0 Å². The van der Waals surface area contributed by atoms with Crippen molar-refractivity contribution in [3.8, 4) is 11.8 Å². The first kappa shape index (κ1) is 16.9. The summed E-state index contributed by atoms with van der Waals surface area (Å²) in [7, 11) is 0. The fourth-order valence-electron chi connectivity index (χ4n) is 1.60. The van der Waals surface area contributed by atoms with Crippen molar-refractivity contribution in [2.24, 2.45) is 5.92 Å². The molecule has 0 bridgehead atoms. The zero-order valence-corrected chi connectivity index (χ0v) is 11.6. The van der Waals surface area contributed by atoms with Crippen LogP contribution < -0.4 is 0 Å². The number of hydrogen-bond acceptors (Lipinski definition) is 1. The molecule has 1 heterocycles. The molecule has 0 aliphatic carbocycles. The molecule has 0 aromatic heterocycles. The number of likely N-dealkylation sites (tertiary alicyclic amines) is 1. The third kappa shape index (κ3) is 8.51. The van der Waals surface area contributed by atoms with Crippen LogP contribution in [-0.4, -0.2) is 24.5 Å². The van der Waals surface area contributed by atoms with Gasteiger partial charge in [0.15, 0.2) is 0 Å². The van der Waals surface area contributed by atoms with Crippen LogP contribution in [0.4, 0.5) is 0 Å². The van der Waals surface area contributed by atoms with Gasteiger partial charge in [0.2, 0.25) is 0 Å². The molecule has 1 fully saturated rings. The Morgan fingerprint density at radius 3 is 1.87 bits per heavy atom. The molecule has 1 saturated heterocycles. The van der Waals surface area contributed by atoms with Gasteiger partial charge in [-0.25, -0.2) is 0 Å². The van der Waals surface area contributed by atoms with E-state index in [1.807, 2.05) is 34.6 Å². The lowest BCUT2D eigenvalue weighted by Crippen LogP contribution is -2.32. The summed E-state index contributed by atoms with van der Waals surface area (Å²) < 4.78 is 0. The Morgan fingerprint density at radius 2 is 1.53 bits per heavy atom. The standard InChI is InChI=1S/C10H17N.2C2H6/c1-3-5-10-6-8-11(4-2)9-7-10;2*1-2/h10H,4,6-9H2,1-2H3;2*1-2H3. The van der Waals surface area contributed by atoms with Gasteiger partial charge in [-0.1, -0.05) is 34.6 Å². The Hall–Kier alpha value is -0.480. The fraction of sp³-hybridized carbons (Fsp3) is 0.857. The Bertz CT molecular complexity index is 156. The van der Waals surface area contributed by atoms with Gasteiger partial charge in [-0.3, -0.25) is 0 Å². The lowest BCUT2D eigenvalue weighted by atomic mass is 9.98. The first-order chi connectivity index (χ1) is 7.36. The van der Waals surface area contributed by atoms with Gasteiger partial charge >= 0.3 is 0 Å². The molecule has 0 atom stereocenters. The Morgan fingerprint density at radius 1 is 1.07 bits per heavy atom. The second kappa shape index (κ2) is 13.5. The molecule has 1 rings (SSSR count). The third-order valence-corrected chi connectivity index (χ3v) is 2.38. The maximum absolute atomic E-state index is 3.25. The first-order valence-corrected chi connectivity index (χ1v) is 6.51. The average molecular weight is 211 g/mol. The molecule has 0 unspecified atom stereocenters. The van der Waals surface area contributed by atoms with Gasteiger partial charge < -0.3 is 4.90 Å². The lowest BCUT2D eigenvalue weighted by Gasteiger charge is -2.28. The molecule has 0 aromatic rings. The zero-order valence-electron chi connectivity index (χ0n) is 11.6. The number of piperidine rings is 1. The molecule has 1 aliphatic heterocycles. The minimum absolute atomic E-state index is 0.683.